The Labute approximate surface area is 148 Å². The predicted octanol–water partition coefficient (Wildman–Crippen LogP) is 2.51. The van der Waals surface area contributed by atoms with Gasteiger partial charge < -0.3 is 15.2 Å². The molecule has 1 fully saturated rings. The molecule has 1 saturated heterocycles. The summed E-state index contributed by atoms with van der Waals surface area (Å²) in [4.78, 5) is 13.2. The van der Waals surface area contributed by atoms with Crippen LogP contribution in [0.5, 0.6) is 5.75 Å². The highest BCUT2D eigenvalue weighted by atomic mass is 16.5. The minimum atomic E-state index is -0.474. The summed E-state index contributed by atoms with van der Waals surface area (Å²) >= 11 is 0. The molecule has 0 aromatic heterocycles. The van der Waals surface area contributed by atoms with Gasteiger partial charge in [-0.2, -0.15) is 0 Å². The van der Waals surface area contributed by atoms with Gasteiger partial charge in [-0.15, -0.1) is 0 Å². The second kappa shape index (κ2) is 8.14. The molecule has 0 bridgehead atoms. The number of rotatable bonds is 6. The lowest BCUT2D eigenvalue weighted by molar-refractivity contribution is -0.119. The molecule has 3 rings (SSSR count). The highest BCUT2D eigenvalue weighted by molar-refractivity contribution is 5.75. The zero-order valence-electron chi connectivity index (χ0n) is 14.4. The van der Waals surface area contributed by atoms with E-state index >= 15 is 0 Å². The predicted molar refractivity (Wildman–Crippen MR) is 96.1 cm³/mol. The maximum atomic E-state index is 10.9. The van der Waals surface area contributed by atoms with Gasteiger partial charge in [-0.3, -0.25) is 9.69 Å². The quantitative estimate of drug-likeness (QED) is 0.877. The maximum absolute atomic E-state index is 10.9. The molecule has 2 aromatic rings. The lowest BCUT2D eigenvalue weighted by Crippen LogP contribution is -2.42. The number of nitrogens with zero attached hydrogens (tertiary/aromatic N) is 1. The normalized spacial score (nSPS) is 21.0. The summed E-state index contributed by atoms with van der Waals surface area (Å²) in [5.41, 5.74) is 7.48. The molecule has 132 valence electrons. The van der Waals surface area contributed by atoms with Crippen molar-refractivity contribution in [2.24, 2.45) is 5.73 Å². The standard InChI is InChI=1S/C20H24N2O3/c1-15-11-22(13-19(25-15)17-7-3-2-4-8-17)12-16-6-5-9-18(10-16)24-14-20(21)23/h2-10,15,19H,11-14H2,1H3,(H2,21,23)/t15-,19-/m1/s1. The second-order valence-corrected chi connectivity index (χ2v) is 6.44. The fourth-order valence-corrected chi connectivity index (χ4v) is 3.17. The average molecular weight is 340 g/mol. The van der Waals surface area contributed by atoms with Gasteiger partial charge >= 0.3 is 0 Å². The number of carbonyl (C=O) groups is 1. The van der Waals surface area contributed by atoms with E-state index in [0.717, 1.165) is 25.2 Å². The van der Waals surface area contributed by atoms with E-state index in [-0.39, 0.29) is 18.8 Å². The molecule has 1 heterocycles. The van der Waals surface area contributed by atoms with E-state index < -0.39 is 5.91 Å². The second-order valence-electron chi connectivity index (χ2n) is 6.44. The van der Waals surface area contributed by atoms with Gasteiger partial charge in [0.25, 0.3) is 5.91 Å². The monoisotopic (exact) mass is 340 g/mol. The van der Waals surface area contributed by atoms with E-state index in [4.69, 9.17) is 15.2 Å². The number of carbonyl (C=O) groups excluding carboxylic acids is 1. The van der Waals surface area contributed by atoms with Gasteiger partial charge in [-0.25, -0.2) is 0 Å². The average Bonchev–Trinajstić information content (AvgIpc) is 2.60. The van der Waals surface area contributed by atoms with Crippen molar-refractivity contribution in [2.45, 2.75) is 25.7 Å². The lowest BCUT2D eigenvalue weighted by Gasteiger charge is -2.37. The molecule has 0 spiro atoms. The molecule has 0 saturated carbocycles. The molecule has 2 atom stereocenters. The number of nitrogens with two attached hydrogens (primary N) is 1. The van der Waals surface area contributed by atoms with Crippen LogP contribution in [0.15, 0.2) is 54.6 Å². The molecule has 25 heavy (non-hydrogen) atoms. The molecule has 1 amide bonds. The Morgan fingerprint density at radius 3 is 2.76 bits per heavy atom. The van der Waals surface area contributed by atoms with Crippen molar-refractivity contribution >= 4 is 5.91 Å². The van der Waals surface area contributed by atoms with Crippen LogP contribution in [0.1, 0.15) is 24.2 Å². The Bertz CT molecular complexity index is 705. The summed E-state index contributed by atoms with van der Waals surface area (Å²) < 4.78 is 11.5. The van der Waals surface area contributed by atoms with Crippen molar-refractivity contribution in [1.82, 2.24) is 4.90 Å². The Hall–Kier alpha value is -2.37. The maximum Gasteiger partial charge on any atom is 0.255 e. The summed E-state index contributed by atoms with van der Waals surface area (Å²) in [5, 5.41) is 0. The van der Waals surface area contributed by atoms with Gasteiger partial charge in [0.2, 0.25) is 0 Å². The topological polar surface area (TPSA) is 64.8 Å². The molecule has 0 aliphatic carbocycles. The van der Waals surface area contributed by atoms with Gasteiger partial charge in [0, 0.05) is 19.6 Å². The molecule has 0 radical (unpaired) electrons. The number of morpholine rings is 1. The Kier molecular flexibility index (Phi) is 5.68. The van der Waals surface area contributed by atoms with Gasteiger partial charge in [0.05, 0.1) is 12.2 Å². The van der Waals surface area contributed by atoms with Gasteiger partial charge in [0.15, 0.2) is 6.61 Å². The van der Waals surface area contributed by atoms with Crippen molar-refractivity contribution in [3.63, 3.8) is 0 Å². The number of hydrogen-bond donors (Lipinski definition) is 1. The first-order valence-electron chi connectivity index (χ1n) is 8.53. The van der Waals surface area contributed by atoms with Crippen molar-refractivity contribution in [2.75, 3.05) is 19.7 Å². The molecule has 2 aromatic carbocycles. The Morgan fingerprint density at radius 1 is 1.20 bits per heavy atom. The highest BCUT2D eigenvalue weighted by Crippen LogP contribution is 2.26. The number of ether oxygens (including phenoxy) is 2. The Morgan fingerprint density at radius 2 is 2.00 bits per heavy atom. The van der Waals surface area contributed by atoms with Crippen LogP contribution in [0.3, 0.4) is 0 Å². The fourth-order valence-electron chi connectivity index (χ4n) is 3.17. The van der Waals surface area contributed by atoms with E-state index in [0.29, 0.717) is 5.75 Å². The summed E-state index contributed by atoms with van der Waals surface area (Å²) in [7, 11) is 0. The van der Waals surface area contributed by atoms with E-state index in [1.54, 1.807) is 0 Å². The third-order valence-electron chi connectivity index (χ3n) is 4.19. The summed E-state index contributed by atoms with van der Waals surface area (Å²) in [5.74, 6) is 0.190. The van der Waals surface area contributed by atoms with Crippen LogP contribution in [0, 0.1) is 0 Å². The van der Waals surface area contributed by atoms with Crippen molar-refractivity contribution < 1.29 is 14.3 Å². The van der Waals surface area contributed by atoms with Crippen LogP contribution in [-0.4, -0.2) is 36.6 Å². The summed E-state index contributed by atoms with van der Waals surface area (Å²) in [6, 6.07) is 18.1. The zero-order chi connectivity index (χ0) is 17.6. The first-order valence-corrected chi connectivity index (χ1v) is 8.53. The molecular formula is C20H24N2O3. The largest absolute Gasteiger partial charge is 0.484 e. The van der Waals surface area contributed by atoms with Crippen LogP contribution >= 0.6 is 0 Å². The number of hydrogen-bond acceptors (Lipinski definition) is 4. The summed E-state index contributed by atoms with van der Waals surface area (Å²) in [6.07, 6.45) is 0.257. The zero-order valence-corrected chi connectivity index (χ0v) is 14.4. The minimum Gasteiger partial charge on any atom is -0.484 e. The summed E-state index contributed by atoms with van der Waals surface area (Å²) in [6.45, 7) is 4.55. The van der Waals surface area contributed by atoms with Gasteiger partial charge in [0.1, 0.15) is 5.75 Å². The van der Waals surface area contributed by atoms with E-state index in [1.165, 1.54) is 5.56 Å². The van der Waals surface area contributed by atoms with Crippen molar-refractivity contribution in [1.29, 1.82) is 0 Å². The van der Waals surface area contributed by atoms with Crippen LogP contribution in [0.25, 0.3) is 0 Å². The molecule has 2 N–H and O–H groups in total. The van der Waals surface area contributed by atoms with Gasteiger partial charge in [-0.05, 0) is 30.2 Å². The molecule has 1 aliphatic rings. The van der Waals surface area contributed by atoms with Gasteiger partial charge in [-0.1, -0.05) is 42.5 Å². The number of primary amides is 1. The van der Waals surface area contributed by atoms with Crippen LogP contribution in [0.2, 0.25) is 0 Å². The molecule has 5 nitrogen and oxygen atoms in total. The van der Waals surface area contributed by atoms with Crippen molar-refractivity contribution in [3.8, 4) is 5.75 Å². The minimum absolute atomic E-state index is 0.0826. The molecular weight excluding hydrogens is 316 g/mol. The number of benzene rings is 2. The molecule has 0 unspecified atom stereocenters. The van der Waals surface area contributed by atoms with Crippen LogP contribution < -0.4 is 10.5 Å². The third-order valence-corrected chi connectivity index (χ3v) is 4.19. The highest BCUT2D eigenvalue weighted by Gasteiger charge is 2.26. The lowest BCUT2D eigenvalue weighted by atomic mass is 10.1. The van der Waals surface area contributed by atoms with E-state index in [1.807, 2.05) is 36.4 Å². The van der Waals surface area contributed by atoms with Crippen LogP contribution in [-0.2, 0) is 16.1 Å². The smallest absolute Gasteiger partial charge is 0.255 e. The first kappa shape index (κ1) is 17.5. The Balaban J connectivity index is 1.65. The fraction of sp³-hybridized carbons (Fsp3) is 0.350. The van der Waals surface area contributed by atoms with E-state index in [2.05, 4.69) is 30.0 Å². The first-order chi connectivity index (χ1) is 12.1. The SMILES string of the molecule is C[C@@H]1CN(Cc2cccc(OCC(N)=O)c2)C[C@H](c2ccccc2)O1. The number of amides is 1. The third kappa shape index (κ3) is 5.05. The molecule has 5 heteroatoms. The molecule has 1 aliphatic heterocycles. The van der Waals surface area contributed by atoms with Crippen molar-refractivity contribution in [3.05, 3.63) is 65.7 Å². The van der Waals surface area contributed by atoms with Crippen LogP contribution in [0.4, 0.5) is 0 Å². The van der Waals surface area contributed by atoms with E-state index in [9.17, 15) is 4.79 Å².